The van der Waals surface area contributed by atoms with Crippen LogP contribution in [0.5, 0.6) is 5.75 Å². The summed E-state index contributed by atoms with van der Waals surface area (Å²) in [5.74, 6) is -3.97. The quantitative estimate of drug-likeness (QED) is 0.632. The molecule has 0 saturated carbocycles. The topological polar surface area (TPSA) is 98.8 Å². The maximum Gasteiger partial charge on any atom is 0.495 e. The Bertz CT molecular complexity index is 486. The number of carbonyl (C=O) groups is 2. The van der Waals surface area contributed by atoms with Crippen molar-refractivity contribution in [2.24, 2.45) is 5.73 Å². The van der Waals surface area contributed by atoms with Crippen molar-refractivity contribution >= 4 is 11.9 Å². The van der Waals surface area contributed by atoms with Crippen LogP contribution in [0.4, 0.5) is 13.2 Å². The molecule has 0 heterocycles. The van der Waals surface area contributed by atoms with Gasteiger partial charge in [-0.3, -0.25) is 0 Å². The molecule has 1 unspecified atom stereocenters. The Labute approximate surface area is 110 Å². The Hall–Kier alpha value is -2.29. The van der Waals surface area contributed by atoms with Crippen molar-refractivity contribution in [3.63, 3.8) is 0 Å². The predicted octanol–water partition coefficient (Wildman–Crippen LogP) is 0.826. The van der Waals surface area contributed by atoms with E-state index >= 15 is 0 Å². The van der Waals surface area contributed by atoms with Crippen LogP contribution in [0.2, 0.25) is 0 Å². The Morgan fingerprint density at radius 3 is 2.25 bits per heavy atom. The standard InChI is InChI=1S/C11H10F3NO5/c12-11(13,14)10(18)20-19-9(17)8(15)5-6-1-3-7(16)4-2-6/h1-4,8,16H,5,15H2. The highest BCUT2D eigenvalue weighted by molar-refractivity contribution is 5.79. The summed E-state index contributed by atoms with van der Waals surface area (Å²) in [6.07, 6.45) is -5.33. The molecule has 1 aromatic carbocycles. The lowest BCUT2D eigenvalue weighted by Crippen LogP contribution is -2.36. The second kappa shape index (κ2) is 6.24. The summed E-state index contributed by atoms with van der Waals surface area (Å²) in [6.45, 7) is 0. The minimum Gasteiger partial charge on any atom is -0.508 e. The van der Waals surface area contributed by atoms with Crippen LogP contribution < -0.4 is 5.73 Å². The van der Waals surface area contributed by atoms with Crippen LogP contribution in [-0.4, -0.2) is 29.3 Å². The number of hydrogen-bond acceptors (Lipinski definition) is 6. The molecular formula is C11H10F3NO5. The minimum atomic E-state index is -5.26. The van der Waals surface area contributed by atoms with Crippen LogP contribution in [0.25, 0.3) is 0 Å². The second-order valence-electron chi connectivity index (χ2n) is 3.75. The first-order chi connectivity index (χ1) is 9.20. The van der Waals surface area contributed by atoms with Gasteiger partial charge in [0.1, 0.15) is 11.8 Å². The Kier molecular flexibility index (Phi) is 4.92. The van der Waals surface area contributed by atoms with Gasteiger partial charge >= 0.3 is 18.1 Å². The van der Waals surface area contributed by atoms with E-state index in [1.165, 1.54) is 24.3 Å². The van der Waals surface area contributed by atoms with Crippen molar-refractivity contribution < 1.29 is 37.6 Å². The average molecular weight is 293 g/mol. The van der Waals surface area contributed by atoms with E-state index in [2.05, 4.69) is 9.78 Å². The minimum absolute atomic E-state index is 0.00371. The number of rotatable bonds is 3. The van der Waals surface area contributed by atoms with Crippen LogP contribution in [0.1, 0.15) is 5.56 Å². The first-order valence-corrected chi connectivity index (χ1v) is 5.23. The molecule has 0 aliphatic carbocycles. The molecule has 0 spiro atoms. The molecule has 0 aliphatic heterocycles. The third-order valence-electron chi connectivity index (χ3n) is 2.13. The van der Waals surface area contributed by atoms with Crippen molar-refractivity contribution in [1.29, 1.82) is 0 Å². The number of hydrogen-bond donors (Lipinski definition) is 2. The molecular weight excluding hydrogens is 283 g/mol. The summed E-state index contributed by atoms with van der Waals surface area (Å²) in [7, 11) is 0. The zero-order valence-electron chi connectivity index (χ0n) is 9.89. The predicted molar refractivity (Wildman–Crippen MR) is 58.0 cm³/mol. The largest absolute Gasteiger partial charge is 0.508 e. The summed E-state index contributed by atoms with van der Waals surface area (Å²) < 4.78 is 35.3. The first kappa shape index (κ1) is 15.8. The molecule has 0 amide bonds. The lowest BCUT2D eigenvalue weighted by atomic mass is 10.1. The van der Waals surface area contributed by atoms with Crippen LogP contribution in [0, 0.1) is 0 Å². The molecule has 0 fully saturated rings. The van der Waals surface area contributed by atoms with Gasteiger partial charge in [-0.25, -0.2) is 19.4 Å². The van der Waals surface area contributed by atoms with Gasteiger partial charge in [0.05, 0.1) is 0 Å². The summed E-state index contributed by atoms with van der Waals surface area (Å²) in [5, 5.41) is 9.03. The van der Waals surface area contributed by atoms with Crippen molar-refractivity contribution in [2.75, 3.05) is 0 Å². The summed E-state index contributed by atoms with van der Waals surface area (Å²) in [5.41, 5.74) is 5.91. The second-order valence-corrected chi connectivity index (χ2v) is 3.75. The number of phenolic OH excluding ortho intramolecular Hbond substituents is 1. The van der Waals surface area contributed by atoms with E-state index < -0.39 is 24.2 Å². The van der Waals surface area contributed by atoms with E-state index in [1.807, 2.05) is 0 Å². The van der Waals surface area contributed by atoms with Gasteiger partial charge in [-0.1, -0.05) is 12.1 Å². The van der Waals surface area contributed by atoms with Gasteiger partial charge in [0.15, 0.2) is 0 Å². The molecule has 9 heteroatoms. The fraction of sp³-hybridized carbons (Fsp3) is 0.273. The van der Waals surface area contributed by atoms with E-state index in [9.17, 15) is 22.8 Å². The highest BCUT2D eigenvalue weighted by atomic mass is 19.4. The van der Waals surface area contributed by atoms with Crippen molar-refractivity contribution in [3.05, 3.63) is 29.8 Å². The number of halogens is 3. The smallest absolute Gasteiger partial charge is 0.495 e. The zero-order valence-corrected chi connectivity index (χ0v) is 9.89. The molecule has 0 radical (unpaired) electrons. The van der Waals surface area contributed by atoms with Gasteiger partial charge in [0.25, 0.3) is 0 Å². The third-order valence-corrected chi connectivity index (χ3v) is 2.13. The number of carbonyl (C=O) groups excluding carboxylic acids is 2. The highest BCUT2D eigenvalue weighted by Gasteiger charge is 2.43. The fourth-order valence-electron chi connectivity index (χ4n) is 1.16. The van der Waals surface area contributed by atoms with Gasteiger partial charge in [-0.05, 0) is 24.1 Å². The van der Waals surface area contributed by atoms with E-state index in [-0.39, 0.29) is 12.2 Å². The molecule has 110 valence electrons. The summed E-state index contributed by atoms with van der Waals surface area (Å²) >= 11 is 0. The van der Waals surface area contributed by atoms with Gasteiger partial charge in [0.2, 0.25) is 0 Å². The Balaban J connectivity index is 2.47. The van der Waals surface area contributed by atoms with Gasteiger partial charge in [-0.15, -0.1) is 0 Å². The molecule has 0 aliphatic rings. The number of nitrogens with two attached hydrogens (primary N) is 1. The summed E-state index contributed by atoms with van der Waals surface area (Å²) in [6, 6.07) is 4.29. The van der Waals surface area contributed by atoms with Crippen molar-refractivity contribution in [2.45, 2.75) is 18.6 Å². The monoisotopic (exact) mass is 293 g/mol. The fourth-order valence-corrected chi connectivity index (χ4v) is 1.16. The number of benzene rings is 1. The molecule has 0 aromatic heterocycles. The third kappa shape index (κ3) is 4.76. The normalized spacial score (nSPS) is 12.6. The van der Waals surface area contributed by atoms with Crippen molar-refractivity contribution in [3.8, 4) is 5.75 Å². The molecule has 3 N–H and O–H groups in total. The van der Waals surface area contributed by atoms with Crippen LogP contribution in [-0.2, 0) is 25.8 Å². The zero-order chi connectivity index (χ0) is 15.3. The van der Waals surface area contributed by atoms with Crippen LogP contribution in [0.3, 0.4) is 0 Å². The van der Waals surface area contributed by atoms with Gasteiger partial charge in [0, 0.05) is 0 Å². The molecule has 20 heavy (non-hydrogen) atoms. The van der Waals surface area contributed by atoms with E-state index in [0.29, 0.717) is 5.56 Å². The molecule has 0 bridgehead atoms. The SMILES string of the molecule is NC(Cc1ccc(O)cc1)C(=O)OOC(=O)C(F)(F)F. The Morgan fingerprint density at radius 1 is 1.20 bits per heavy atom. The number of aromatic hydroxyl groups is 1. The van der Waals surface area contributed by atoms with E-state index in [1.54, 1.807) is 0 Å². The lowest BCUT2D eigenvalue weighted by Gasteiger charge is -2.10. The Morgan fingerprint density at radius 2 is 1.75 bits per heavy atom. The maximum absolute atomic E-state index is 11.8. The van der Waals surface area contributed by atoms with Gasteiger partial charge < -0.3 is 10.8 Å². The summed E-state index contributed by atoms with van der Waals surface area (Å²) in [4.78, 5) is 28.5. The first-order valence-electron chi connectivity index (χ1n) is 5.23. The number of alkyl halides is 3. The van der Waals surface area contributed by atoms with Crippen LogP contribution in [0.15, 0.2) is 24.3 Å². The van der Waals surface area contributed by atoms with Crippen molar-refractivity contribution in [1.82, 2.24) is 0 Å². The average Bonchev–Trinajstić information content (AvgIpc) is 2.36. The van der Waals surface area contributed by atoms with E-state index in [0.717, 1.165) is 0 Å². The lowest BCUT2D eigenvalue weighted by molar-refractivity contribution is -0.286. The molecule has 1 rings (SSSR count). The molecule has 1 atom stereocenters. The maximum atomic E-state index is 11.8. The molecule has 1 aromatic rings. The molecule has 0 saturated heterocycles. The number of phenols is 1. The van der Waals surface area contributed by atoms with Crippen LogP contribution >= 0.6 is 0 Å². The van der Waals surface area contributed by atoms with E-state index in [4.69, 9.17) is 10.8 Å². The molecule has 6 nitrogen and oxygen atoms in total. The van der Waals surface area contributed by atoms with Gasteiger partial charge in [-0.2, -0.15) is 13.2 Å². The highest BCUT2D eigenvalue weighted by Crippen LogP contribution is 2.17.